The molecule has 84 valence electrons. The zero-order valence-electron chi connectivity index (χ0n) is 9.03. The highest BCUT2D eigenvalue weighted by Gasteiger charge is 2.15. The van der Waals surface area contributed by atoms with E-state index in [9.17, 15) is 4.79 Å². The molecule has 0 amide bonds. The highest BCUT2D eigenvalue weighted by atomic mass is 79.9. The van der Waals surface area contributed by atoms with Crippen LogP contribution in [-0.2, 0) is 17.1 Å². The largest absolute Gasteiger partial charge is 0.465 e. The Balaban J connectivity index is 2.77. The number of rotatable bonds is 2. The van der Waals surface area contributed by atoms with Gasteiger partial charge in [-0.05, 0) is 11.6 Å². The van der Waals surface area contributed by atoms with Gasteiger partial charge in [-0.2, -0.15) is 5.10 Å². The first-order valence-corrected chi connectivity index (χ1v) is 5.89. The average Bonchev–Trinajstić information content (AvgIpc) is 2.70. The molecule has 5 heteroatoms. The summed E-state index contributed by atoms with van der Waals surface area (Å²) in [5.41, 5.74) is 2.46. The second-order valence-corrected chi connectivity index (χ2v) is 3.99. The molecule has 2 aromatic rings. The predicted molar refractivity (Wildman–Crippen MR) is 64.7 cm³/mol. The number of halogens is 1. The van der Waals surface area contributed by atoms with Crippen LogP contribution in [0, 0.1) is 0 Å². The third-order valence-electron chi connectivity index (χ3n) is 2.54. The maximum Gasteiger partial charge on any atom is 0.340 e. The number of aryl methyl sites for hydroxylation is 1. The van der Waals surface area contributed by atoms with Gasteiger partial charge in [-0.1, -0.05) is 22.0 Å². The van der Waals surface area contributed by atoms with E-state index in [1.165, 1.54) is 7.11 Å². The minimum Gasteiger partial charge on any atom is -0.465 e. The number of esters is 1. The zero-order chi connectivity index (χ0) is 11.7. The van der Waals surface area contributed by atoms with Gasteiger partial charge >= 0.3 is 5.97 Å². The summed E-state index contributed by atoms with van der Waals surface area (Å²) >= 11 is 3.41. The molecule has 0 spiro atoms. The fourth-order valence-electron chi connectivity index (χ4n) is 1.74. The summed E-state index contributed by atoms with van der Waals surface area (Å²) in [4.78, 5) is 11.6. The Kier molecular flexibility index (Phi) is 2.96. The van der Waals surface area contributed by atoms with E-state index in [0.717, 1.165) is 21.8 Å². The molecule has 1 aromatic heterocycles. The van der Waals surface area contributed by atoms with E-state index in [1.807, 2.05) is 13.1 Å². The first-order chi connectivity index (χ1) is 7.69. The van der Waals surface area contributed by atoms with Crippen LogP contribution in [0.15, 0.2) is 18.3 Å². The molecule has 0 fully saturated rings. The molecular formula is C11H11BrN2O2. The average molecular weight is 283 g/mol. The standard InChI is InChI=1S/C11H11BrN2O2/c1-14-10-8(11(15)16-2)4-3-7(5-12)9(10)6-13-14/h3-4,6H,5H2,1-2H3. The lowest BCUT2D eigenvalue weighted by Gasteiger charge is -2.05. The van der Waals surface area contributed by atoms with Gasteiger partial charge in [-0.3, -0.25) is 4.68 Å². The van der Waals surface area contributed by atoms with E-state index in [-0.39, 0.29) is 5.97 Å². The molecule has 4 nitrogen and oxygen atoms in total. The van der Waals surface area contributed by atoms with Gasteiger partial charge in [0.25, 0.3) is 0 Å². The van der Waals surface area contributed by atoms with E-state index in [4.69, 9.17) is 4.74 Å². The Hall–Kier alpha value is -1.36. The van der Waals surface area contributed by atoms with Crippen LogP contribution >= 0.6 is 15.9 Å². The maximum atomic E-state index is 11.6. The summed E-state index contributed by atoms with van der Waals surface area (Å²) in [5, 5.41) is 5.88. The summed E-state index contributed by atoms with van der Waals surface area (Å²) in [6, 6.07) is 3.68. The quantitative estimate of drug-likeness (QED) is 0.627. The normalized spacial score (nSPS) is 10.7. The SMILES string of the molecule is COC(=O)c1ccc(CBr)c2cnn(C)c12. The predicted octanol–water partition coefficient (Wildman–Crippen LogP) is 2.25. The van der Waals surface area contributed by atoms with Crippen molar-refractivity contribution in [2.24, 2.45) is 7.05 Å². The minimum atomic E-state index is -0.338. The molecule has 0 saturated carbocycles. The van der Waals surface area contributed by atoms with Gasteiger partial charge in [-0.25, -0.2) is 4.79 Å². The van der Waals surface area contributed by atoms with Crippen molar-refractivity contribution in [3.63, 3.8) is 0 Å². The number of alkyl halides is 1. The molecule has 0 radical (unpaired) electrons. The zero-order valence-corrected chi connectivity index (χ0v) is 10.6. The summed E-state index contributed by atoms with van der Waals surface area (Å²) in [5.74, 6) is -0.338. The van der Waals surface area contributed by atoms with Crippen molar-refractivity contribution in [3.05, 3.63) is 29.5 Å². The third kappa shape index (κ3) is 1.61. The summed E-state index contributed by atoms with van der Waals surface area (Å²) in [7, 11) is 3.19. The summed E-state index contributed by atoms with van der Waals surface area (Å²) in [6.07, 6.45) is 1.76. The lowest BCUT2D eigenvalue weighted by Crippen LogP contribution is -2.05. The number of benzene rings is 1. The number of aromatic nitrogens is 2. The van der Waals surface area contributed by atoms with Crippen LogP contribution in [0.2, 0.25) is 0 Å². The Morgan fingerprint density at radius 3 is 2.94 bits per heavy atom. The van der Waals surface area contributed by atoms with Gasteiger partial charge in [-0.15, -0.1) is 0 Å². The Bertz CT molecular complexity index is 548. The molecule has 2 rings (SSSR count). The smallest absolute Gasteiger partial charge is 0.340 e. The van der Waals surface area contributed by atoms with Gasteiger partial charge in [0.2, 0.25) is 0 Å². The first kappa shape index (κ1) is 11.1. The van der Waals surface area contributed by atoms with E-state index < -0.39 is 0 Å². The number of hydrogen-bond donors (Lipinski definition) is 0. The number of carbonyl (C=O) groups is 1. The Morgan fingerprint density at radius 2 is 2.31 bits per heavy atom. The second kappa shape index (κ2) is 4.25. The number of methoxy groups -OCH3 is 1. The van der Waals surface area contributed by atoms with Crippen molar-refractivity contribution in [1.29, 1.82) is 0 Å². The van der Waals surface area contributed by atoms with Crippen LogP contribution in [0.25, 0.3) is 10.9 Å². The minimum absolute atomic E-state index is 0.338. The monoisotopic (exact) mass is 282 g/mol. The van der Waals surface area contributed by atoms with Crippen molar-refractivity contribution < 1.29 is 9.53 Å². The molecule has 16 heavy (non-hydrogen) atoms. The molecule has 1 heterocycles. The van der Waals surface area contributed by atoms with Gasteiger partial charge < -0.3 is 4.74 Å². The molecular weight excluding hydrogens is 272 g/mol. The molecule has 1 aromatic carbocycles. The molecule has 0 unspecified atom stereocenters. The van der Waals surface area contributed by atoms with Gasteiger partial charge in [0.05, 0.1) is 24.4 Å². The Labute approximate surface area is 101 Å². The molecule has 0 aliphatic heterocycles. The fourth-order valence-corrected chi connectivity index (χ4v) is 2.22. The van der Waals surface area contributed by atoms with Crippen molar-refractivity contribution in [2.45, 2.75) is 5.33 Å². The van der Waals surface area contributed by atoms with E-state index in [1.54, 1.807) is 16.9 Å². The highest BCUT2D eigenvalue weighted by molar-refractivity contribution is 9.08. The summed E-state index contributed by atoms with van der Waals surface area (Å²) < 4.78 is 6.44. The van der Waals surface area contributed by atoms with Crippen LogP contribution in [0.5, 0.6) is 0 Å². The molecule has 0 aliphatic carbocycles. The summed E-state index contributed by atoms with van der Waals surface area (Å²) in [6.45, 7) is 0. The second-order valence-electron chi connectivity index (χ2n) is 3.43. The molecule has 0 saturated heterocycles. The van der Waals surface area contributed by atoms with Crippen LogP contribution in [0.1, 0.15) is 15.9 Å². The molecule has 0 N–H and O–H groups in total. The number of fused-ring (bicyclic) bond motifs is 1. The van der Waals surface area contributed by atoms with Gasteiger partial charge in [0.15, 0.2) is 0 Å². The van der Waals surface area contributed by atoms with Gasteiger partial charge in [0.1, 0.15) is 0 Å². The van der Waals surface area contributed by atoms with Crippen molar-refractivity contribution >= 4 is 32.8 Å². The first-order valence-electron chi connectivity index (χ1n) is 4.77. The maximum absolute atomic E-state index is 11.6. The van der Waals surface area contributed by atoms with Crippen LogP contribution in [0.3, 0.4) is 0 Å². The van der Waals surface area contributed by atoms with E-state index in [2.05, 4.69) is 21.0 Å². The lowest BCUT2D eigenvalue weighted by atomic mass is 10.1. The number of ether oxygens (including phenoxy) is 1. The number of carbonyl (C=O) groups excluding carboxylic acids is 1. The third-order valence-corrected chi connectivity index (χ3v) is 3.14. The molecule has 0 atom stereocenters. The van der Waals surface area contributed by atoms with Crippen LogP contribution < -0.4 is 0 Å². The fraction of sp³-hybridized carbons (Fsp3) is 0.273. The number of nitrogens with zero attached hydrogens (tertiary/aromatic N) is 2. The van der Waals surface area contributed by atoms with Crippen molar-refractivity contribution in [3.8, 4) is 0 Å². The van der Waals surface area contributed by atoms with Gasteiger partial charge in [0, 0.05) is 17.8 Å². The van der Waals surface area contributed by atoms with Crippen LogP contribution in [0.4, 0.5) is 0 Å². The highest BCUT2D eigenvalue weighted by Crippen LogP contribution is 2.24. The van der Waals surface area contributed by atoms with Crippen LogP contribution in [-0.4, -0.2) is 22.9 Å². The van der Waals surface area contributed by atoms with Crippen molar-refractivity contribution in [2.75, 3.05) is 7.11 Å². The molecule has 0 bridgehead atoms. The number of hydrogen-bond acceptors (Lipinski definition) is 3. The lowest BCUT2D eigenvalue weighted by molar-refractivity contribution is 0.0602. The molecule has 0 aliphatic rings. The Morgan fingerprint density at radius 1 is 1.56 bits per heavy atom. The van der Waals surface area contributed by atoms with E-state index in [0.29, 0.717) is 5.56 Å². The topological polar surface area (TPSA) is 44.1 Å². The van der Waals surface area contributed by atoms with Crippen molar-refractivity contribution in [1.82, 2.24) is 9.78 Å². The van der Waals surface area contributed by atoms with E-state index >= 15 is 0 Å².